The van der Waals surface area contributed by atoms with Crippen molar-refractivity contribution in [2.24, 2.45) is 5.92 Å². The molecule has 7 heteroatoms. The highest BCUT2D eigenvalue weighted by atomic mass is 35.5. The number of carbonyl (C=O) groups is 1. The molecule has 0 aromatic heterocycles. The lowest BCUT2D eigenvalue weighted by atomic mass is 10.0. The normalized spacial score (nSPS) is 22.3. The van der Waals surface area contributed by atoms with Crippen LogP contribution in [0.3, 0.4) is 0 Å². The fraction of sp³-hybridized carbons (Fsp3) is 0.500. The van der Waals surface area contributed by atoms with Crippen LogP contribution in [0.5, 0.6) is 0 Å². The Morgan fingerprint density at radius 1 is 1.33 bits per heavy atom. The van der Waals surface area contributed by atoms with E-state index in [4.69, 9.17) is 11.6 Å². The van der Waals surface area contributed by atoms with Crippen molar-refractivity contribution in [3.05, 3.63) is 35.1 Å². The lowest BCUT2D eigenvalue weighted by Crippen LogP contribution is -2.38. The maximum atomic E-state index is 13.6. The van der Waals surface area contributed by atoms with Crippen molar-refractivity contribution in [2.45, 2.75) is 31.5 Å². The van der Waals surface area contributed by atoms with Gasteiger partial charge in [0.1, 0.15) is 5.82 Å². The first-order valence-corrected chi connectivity index (χ1v) is 7.10. The Hall–Kier alpha value is -1.30. The summed E-state index contributed by atoms with van der Waals surface area (Å²) in [6.45, 7) is 0. The van der Waals surface area contributed by atoms with E-state index in [0.29, 0.717) is 30.5 Å². The molecule has 0 saturated heterocycles. The lowest BCUT2D eigenvalue weighted by molar-refractivity contribution is -0.137. The van der Waals surface area contributed by atoms with Crippen molar-refractivity contribution in [1.29, 1.82) is 0 Å². The minimum Gasteiger partial charge on any atom is -0.349 e. The van der Waals surface area contributed by atoms with Gasteiger partial charge >= 0.3 is 6.18 Å². The highest BCUT2D eigenvalue weighted by Gasteiger charge is 2.33. The molecule has 0 heterocycles. The number of benzene rings is 1. The molecule has 0 radical (unpaired) electrons. The van der Waals surface area contributed by atoms with Crippen LogP contribution >= 0.6 is 11.6 Å². The summed E-state index contributed by atoms with van der Waals surface area (Å²) in [5, 5.41) is 2.58. The minimum atomic E-state index is -4.62. The second-order valence-electron chi connectivity index (χ2n) is 5.12. The Morgan fingerprint density at radius 3 is 2.67 bits per heavy atom. The Morgan fingerprint density at radius 2 is 2.05 bits per heavy atom. The van der Waals surface area contributed by atoms with Crippen molar-refractivity contribution < 1.29 is 22.4 Å². The van der Waals surface area contributed by atoms with Gasteiger partial charge in [-0.05, 0) is 37.0 Å². The number of carbonyl (C=O) groups excluding carboxylic acids is 1. The number of hydrogen-bond donors (Lipinski definition) is 1. The number of nitrogens with one attached hydrogen (secondary N) is 1. The summed E-state index contributed by atoms with van der Waals surface area (Å²) >= 11 is 5.77. The molecule has 0 bridgehead atoms. The Kier molecular flexibility index (Phi) is 4.76. The summed E-state index contributed by atoms with van der Waals surface area (Å²) < 4.78 is 51.4. The van der Waals surface area contributed by atoms with Crippen LogP contribution in [-0.2, 0) is 6.18 Å². The van der Waals surface area contributed by atoms with Gasteiger partial charge in [0.25, 0.3) is 5.91 Å². The zero-order chi connectivity index (χ0) is 15.6. The van der Waals surface area contributed by atoms with Gasteiger partial charge in [-0.1, -0.05) is 6.42 Å². The third-order valence-corrected chi connectivity index (χ3v) is 4.11. The zero-order valence-electron chi connectivity index (χ0n) is 11.0. The van der Waals surface area contributed by atoms with Crippen molar-refractivity contribution in [1.82, 2.24) is 5.32 Å². The predicted molar refractivity (Wildman–Crippen MR) is 70.7 cm³/mol. The molecule has 1 aromatic carbocycles. The topological polar surface area (TPSA) is 29.1 Å². The first-order chi connectivity index (χ1) is 9.82. The lowest BCUT2D eigenvalue weighted by Gasteiger charge is -2.19. The largest absolute Gasteiger partial charge is 0.416 e. The highest BCUT2D eigenvalue weighted by molar-refractivity contribution is 6.18. The second kappa shape index (κ2) is 6.22. The summed E-state index contributed by atoms with van der Waals surface area (Å²) in [6, 6.07) is 1.59. The smallest absolute Gasteiger partial charge is 0.349 e. The van der Waals surface area contributed by atoms with Gasteiger partial charge in [-0.15, -0.1) is 11.6 Å². The first-order valence-electron chi connectivity index (χ1n) is 6.56. The van der Waals surface area contributed by atoms with E-state index in [-0.39, 0.29) is 12.0 Å². The van der Waals surface area contributed by atoms with Gasteiger partial charge in [-0.2, -0.15) is 13.2 Å². The number of hydrogen-bond acceptors (Lipinski definition) is 1. The third-order valence-electron chi connectivity index (χ3n) is 3.71. The van der Waals surface area contributed by atoms with E-state index in [1.807, 2.05) is 0 Å². The maximum absolute atomic E-state index is 13.6. The molecule has 2 unspecified atom stereocenters. The predicted octanol–water partition coefficient (Wildman–Crippen LogP) is 3.98. The molecule has 1 N–H and O–H groups in total. The van der Waals surface area contributed by atoms with Crippen LogP contribution < -0.4 is 5.32 Å². The van der Waals surface area contributed by atoms with Crippen LogP contribution in [0.15, 0.2) is 18.2 Å². The number of amides is 1. The summed E-state index contributed by atoms with van der Waals surface area (Å²) in [6.07, 6.45) is -2.19. The van der Waals surface area contributed by atoms with E-state index >= 15 is 0 Å². The van der Waals surface area contributed by atoms with E-state index in [1.54, 1.807) is 0 Å². The van der Waals surface area contributed by atoms with Crippen LogP contribution in [0.1, 0.15) is 35.2 Å². The summed E-state index contributed by atoms with van der Waals surface area (Å²) in [4.78, 5) is 12.0. The SMILES string of the molecule is O=C(NC1CCCC1CCl)c1cc(C(F)(F)F)ccc1F. The second-order valence-corrected chi connectivity index (χ2v) is 5.43. The molecule has 1 fully saturated rings. The van der Waals surface area contributed by atoms with Crippen LogP contribution in [0, 0.1) is 11.7 Å². The molecule has 1 aromatic rings. The van der Waals surface area contributed by atoms with E-state index < -0.39 is 29.0 Å². The summed E-state index contributed by atoms with van der Waals surface area (Å²) in [7, 11) is 0. The van der Waals surface area contributed by atoms with Crippen LogP contribution in [0.4, 0.5) is 17.6 Å². The molecule has 2 atom stereocenters. The molecule has 0 spiro atoms. The molecular formula is C14H14ClF4NO. The Bertz CT molecular complexity index is 532. The van der Waals surface area contributed by atoms with Gasteiger partial charge in [-0.25, -0.2) is 4.39 Å². The van der Waals surface area contributed by atoms with Crippen LogP contribution in [0.2, 0.25) is 0 Å². The zero-order valence-corrected chi connectivity index (χ0v) is 11.8. The molecular weight excluding hydrogens is 310 g/mol. The molecule has 21 heavy (non-hydrogen) atoms. The van der Waals surface area contributed by atoms with Gasteiger partial charge in [-0.3, -0.25) is 4.79 Å². The average Bonchev–Trinajstić information content (AvgIpc) is 2.84. The number of halogens is 5. The van der Waals surface area contributed by atoms with Gasteiger partial charge in [0.05, 0.1) is 11.1 Å². The molecule has 1 aliphatic rings. The van der Waals surface area contributed by atoms with Crippen molar-refractivity contribution >= 4 is 17.5 Å². The van der Waals surface area contributed by atoms with Crippen LogP contribution in [-0.4, -0.2) is 17.8 Å². The Labute approximate surface area is 124 Å². The standard InChI is InChI=1S/C14H14ClF4NO/c15-7-8-2-1-3-12(8)20-13(21)10-6-9(14(17,18)19)4-5-11(10)16/h4-6,8,12H,1-3,7H2,(H,20,21). The highest BCUT2D eigenvalue weighted by Crippen LogP contribution is 2.31. The van der Waals surface area contributed by atoms with Gasteiger partial charge in [0.2, 0.25) is 0 Å². The van der Waals surface area contributed by atoms with Crippen LogP contribution in [0.25, 0.3) is 0 Å². The summed E-state index contributed by atoms with van der Waals surface area (Å²) in [5.41, 5.74) is -1.64. The quantitative estimate of drug-likeness (QED) is 0.661. The van der Waals surface area contributed by atoms with Gasteiger partial charge < -0.3 is 5.32 Å². The molecule has 2 rings (SSSR count). The average molecular weight is 324 g/mol. The minimum absolute atomic E-state index is 0.0736. The third kappa shape index (κ3) is 3.67. The van der Waals surface area contributed by atoms with E-state index in [2.05, 4.69) is 5.32 Å². The van der Waals surface area contributed by atoms with E-state index in [1.165, 1.54) is 0 Å². The van der Waals surface area contributed by atoms with E-state index in [0.717, 1.165) is 12.8 Å². The monoisotopic (exact) mass is 323 g/mol. The van der Waals surface area contributed by atoms with Crippen molar-refractivity contribution in [3.63, 3.8) is 0 Å². The molecule has 1 aliphatic carbocycles. The number of alkyl halides is 4. The molecule has 1 amide bonds. The summed E-state index contributed by atoms with van der Waals surface area (Å²) in [5.74, 6) is -1.37. The van der Waals surface area contributed by atoms with Gasteiger partial charge in [0, 0.05) is 11.9 Å². The fourth-order valence-electron chi connectivity index (χ4n) is 2.53. The molecule has 2 nitrogen and oxygen atoms in total. The Balaban J connectivity index is 2.19. The van der Waals surface area contributed by atoms with Crippen molar-refractivity contribution in [2.75, 3.05) is 5.88 Å². The molecule has 116 valence electrons. The molecule has 1 saturated carbocycles. The number of rotatable bonds is 3. The maximum Gasteiger partial charge on any atom is 0.416 e. The van der Waals surface area contributed by atoms with Gasteiger partial charge in [0.15, 0.2) is 0 Å². The van der Waals surface area contributed by atoms with E-state index in [9.17, 15) is 22.4 Å². The van der Waals surface area contributed by atoms with Crippen molar-refractivity contribution in [3.8, 4) is 0 Å². The first kappa shape index (κ1) is 16.1. The molecule has 0 aliphatic heterocycles. The fourth-order valence-corrected chi connectivity index (χ4v) is 2.90.